The number of likely N-dealkylation sites (tertiary alicyclic amines) is 1. The van der Waals surface area contributed by atoms with Crippen LogP contribution in [0.25, 0.3) is 11.0 Å². The van der Waals surface area contributed by atoms with Crippen LogP contribution in [-0.2, 0) is 6.18 Å². The summed E-state index contributed by atoms with van der Waals surface area (Å²) in [5, 5.41) is 0.782. The normalized spacial score (nSPS) is 15.4. The first-order chi connectivity index (χ1) is 14.3. The van der Waals surface area contributed by atoms with Gasteiger partial charge in [-0.3, -0.25) is 4.79 Å². The van der Waals surface area contributed by atoms with Crippen LogP contribution in [0.1, 0.15) is 29.0 Å². The van der Waals surface area contributed by atoms with E-state index >= 15 is 0 Å². The van der Waals surface area contributed by atoms with Crippen molar-refractivity contribution in [3.05, 3.63) is 53.9 Å². The maximum absolute atomic E-state index is 12.8. The van der Waals surface area contributed by atoms with Crippen LogP contribution < -0.4 is 9.47 Å². The average molecular weight is 420 g/mol. The lowest BCUT2D eigenvalue weighted by Crippen LogP contribution is -2.41. The van der Waals surface area contributed by atoms with Crippen molar-refractivity contribution in [3.8, 4) is 11.6 Å². The molecule has 158 valence electrons. The van der Waals surface area contributed by atoms with Gasteiger partial charge >= 0.3 is 6.18 Å². The highest BCUT2D eigenvalue weighted by atomic mass is 19.4. The van der Waals surface area contributed by atoms with Crippen molar-refractivity contribution >= 4 is 16.9 Å². The zero-order valence-corrected chi connectivity index (χ0v) is 16.1. The smallest absolute Gasteiger partial charge is 0.417 e. The van der Waals surface area contributed by atoms with Crippen molar-refractivity contribution in [1.82, 2.24) is 9.88 Å². The quantitative estimate of drug-likeness (QED) is 0.620. The first-order valence-corrected chi connectivity index (χ1v) is 9.41. The molecule has 0 atom stereocenters. The van der Waals surface area contributed by atoms with Crippen LogP contribution in [0.4, 0.5) is 13.2 Å². The number of alkyl halides is 3. The summed E-state index contributed by atoms with van der Waals surface area (Å²) >= 11 is 0. The summed E-state index contributed by atoms with van der Waals surface area (Å²) in [6.07, 6.45) is -2.83. The number of pyridine rings is 1. The largest absolute Gasteiger partial charge is 0.493 e. The minimum Gasteiger partial charge on any atom is -0.493 e. The molecule has 0 N–H and O–H groups in total. The number of piperidine rings is 1. The molecule has 1 aromatic carbocycles. The molecule has 3 aromatic rings. The molecule has 0 aliphatic carbocycles. The van der Waals surface area contributed by atoms with Gasteiger partial charge in [-0.15, -0.1) is 0 Å². The van der Waals surface area contributed by atoms with Gasteiger partial charge in [0.05, 0.1) is 12.7 Å². The standard InChI is InChI=1S/C21H19F3N2O4/c1-28-16-4-2-3-13-11-17(30-19(13)16)20(27)26-9-7-15(8-10-26)29-18-6-5-14(12-25-18)21(22,23)24/h2-6,11-12,15H,7-10H2,1H3. The van der Waals surface area contributed by atoms with E-state index in [-0.39, 0.29) is 23.7 Å². The zero-order valence-electron chi connectivity index (χ0n) is 16.1. The molecule has 0 radical (unpaired) electrons. The second-order valence-electron chi connectivity index (χ2n) is 6.98. The van der Waals surface area contributed by atoms with Crippen molar-refractivity contribution in [3.63, 3.8) is 0 Å². The van der Waals surface area contributed by atoms with Crippen LogP contribution in [0.5, 0.6) is 11.6 Å². The molecule has 0 unspecified atom stereocenters. The van der Waals surface area contributed by atoms with Gasteiger partial charge in [-0.05, 0) is 18.2 Å². The highest BCUT2D eigenvalue weighted by Crippen LogP contribution is 2.31. The van der Waals surface area contributed by atoms with Crippen molar-refractivity contribution < 1.29 is 31.9 Å². The molecule has 9 heteroatoms. The molecule has 1 fully saturated rings. The summed E-state index contributed by atoms with van der Waals surface area (Å²) in [5.74, 6) is 0.706. The lowest BCUT2D eigenvalue weighted by atomic mass is 10.1. The highest BCUT2D eigenvalue weighted by Gasteiger charge is 2.31. The van der Waals surface area contributed by atoms with Gasteiger partial charge in [0.2, 0.25) is 5.88 Å². The molecule has 0 spiro atoms. The summed E-state index contributed by atoms with van der Waals surface area (Å²) in [6, 6.07) is 9.27. The van der Waals surface area contributed by atoms with Crippen LogP contribution >= 0.6 is 0 Å². The van der Waals surface area contributed by atoms with E-state index in [1.165, 1.54) is 13.2 Å². The Labute approximate surface area is 170 Å². The number of rotatable bonds is 4. The fourth-order valence-corrected chi connectivity index (χ4v) is 3.42. The van der Waals surface area contributed by atoms with E-state index in [0.717, 1.165) is 17.6 Å². The van der Waals surface area contributed by atoms with E-state index in [1.807, 2.05) is 12.1 Å². The Morgan fingerprint density at radius 3 is 2.60 bits per heavy atom. The van der Waals surface area contributed by atoms with E-state index in [1.54, 1.807) is 17.0 Å². The van der Waals surface area contributed by atoms with Gasteiger partial charge in [-0.2, -0.15) is 13.2 Å². The van der Waals surface area contributed by atoms with Gasteiger partial charge in [-0.25, -0.2) is 4.98 Å². The van der Waals surface area contributed by atoms with Crippen LogP contribution in [0.3, 0.4) is 0 Å². The molecular formula is C21H19F3N2O4. The molecule has 1 saturated heterocycles. The Hall–Kier alpha value is -3.23. The number of amides is 1. The number of hydrogen-bond acceptors (Lipinski definition) is 5. The number of hydrogen-bond donors (Lipinski definition) is 0. The second kappa shape index (κ2) is 7.89. The van der Waals surface area contributed by atoms with E-state index in [9.17, 15) is 18.0 Å². The number of carbonyl (C=O) groups is 1. The summed E-state index contributed by atoms with van der Waals surface area (Å²) in [7, 11) is 1.54. The highest BCUT2D eigenvalue weighted by molar-refractivity contribution is 5.97. The van der Waals surface area contributed by atoms with Gasteiger partial charge in [0.1, 0.15) is 6.10 Å². The number of halogens is 3. The predicted molar refractivity (Wildman–Crippen MR) is 102 cm³/mol. The second-order valence-corrected chi connectivity index (χ2v) is 6.98. The maximum atomic E-state index is 12.8. The summed E-state index contributed by atoms with van der Waals surface area (Å²) < 4.78 is 54.5. The number of methoxy groups -OCH3 is 1. The first kappa shape index (κ1) is 20.1. The van der Waals surface area contributed by atoms with Gasteiger partial charge in [-0.1, -0.05) is 12.1 Å². The minimum absolute atomic E-state index is 0.136. The van der Waals surface area contributed by atoms with Gasteiger partial charge in [0, 0.05) is 43.6 Å². The topological polar surface area (TPSA) is 64.8 Å². The Kier molecular flexibility index (Phi) is 5.27. The van der Waals surface area contributed by atoms with Gasteiger partial charge in [0.15, 0.2) is 17.1 Å². The summed E-state index contributed by atoms with van der Waals surface area (Å²) in [4.78, 5) is 18.2. The molecule has 2 aromatic heterocycles. The van der Waals surface area contributed by atoms with E-state index in [4.69, 9.17) is 13.9 Å². The fourth-order valence-electron chi connectivity index (χ4n) is 3.42. The molecule has 0 bridgehead atoms. The zero-order chi connectivity index (χ0) is 21.3. The van der Waals surface area contributed by atoms with Crippen molar-refractivity contribution in [2.45, 2.75) is 25.1 Å². The van der Waals surface area contributed by atoms with Crippen molar-refractivity contribution in [1.29, 1.82) is 0 Å². The molecular weight excluding hydrogens is 401 g/mol. The van der Waals surface area contributed by atoms with Crippen LogP contribution in [0.15, 0.2) is 47.0 Å². The minimum atomic E-state index is -4.43. The number of aromatic nitrogens is 1. The SMILES string of the molecule is COc1cccc2cc(C(=O)N3CCC(Oc4ccc(C(F)(F)F)cn4)CC3)oc12. The first-order valence-electron chi connectivity index (χ1n) is 9.41. The lowest BCUT2D eigenvalue weighted by molar-refractivity contribution is -0.137. The summed E-state index contributed by atoms with van der Waals surface area (Å²) in [5.41, 5.74) is -0.298. The van der Waals surface area contributed by atoms with E-state index < -0.39 is 11.7 Å². The van der Waals surface area contributed by atoms with Crippen LogP contribution in [0.2, 0.25) is 0 Å². The van der Waals surface area contributed by atoms with Crippen molar-refractivity contribution in [2.75, 3.05) is 20.2 Å². The third kappa shape index (κ3) is 4.05. The maximum Gasteiger partial charge on any atom is 0.417 e. The Morgan fingerprint density at radius 2 is 1.97 bits per heavy atom. The number of para-hydroxylation sites is 1. The van der Waals surface area contributed by atoms with E-state index in [2.05, 4.69) is 4.98 Å². The molecule has 6 nitrogen and oxygen atoms in total. The number of fused-ring (bicyclic) bond motifs is 1. The van der Waals surface area contributed by atoms with Crippen molar-refractivity contribution in [2.24, 2.45) is 0 Å². The Morgan fingerprint density at radius 1 is 1.20 bits per heavy atom. The van der Waals surface area contributed by atoms with Crippen LogP contribution in [-0.4, -0.2) is 42.1 Å². The molecule has 0 saturated carbocycles. The molecule has 1 aliphatic rings. The Bertz CT molecular complexity index is 1040. The number of furan rings is 1. The number of ether oxygens (including phenoxy) is 2. The molecule has 30 heavy (non-hydrogen) atoms. The average Bonchev–Trinajstić information content (AvgIpc) is 3.18. The lowest BCUT2D eigenvalue weighted by Gasteiger charge is -2.31. The monoisotopic (exact) mass is 420 g/mol. The number of nitrogens with zero attached hydrogens (tertiary/aromatic N) is 2. The number of carbonyl (C=O) groups excluding carboxylic acids is 1. The number of benzene rings is 1. The molecule has 1 amide bonds. The van der Waals surface area contributed by atoms with Gasteiger partial charge < -0.3 is 18.8 Å². The van der Waals surface area contributed by atoms with Gasteiger partial charge in [0.25, 0.3) is 5.91 Å². The predicted octanol–water partition coefficient (Wildman–Crippen LogP) is 4.54. The summed E-state index contributed by atoms with van der Waals surface area (Å²) in [6.45, 7) is 0.886. The molecule has 3 heterocycles. The third-order valence-electron chi connectivity index (χ3n) is 5.02. The Balaban J connectivity index is 1.37. The molecule has 1 aliphatic heterocycles. The molecule has 4 rings (SSSR count). The third-order valence-corrected chi connectivity index (χ3v) is 5.02. The van der Waals surface area contributed by atoms with E-state index in [0.29, 0.717) is 37.3 Å². The fraction of sp³-hybridized carbons (Fsp3) is 0.333. The van der Waals surface area contributed by atoms with Crippen LogP contribution in [0, 0.1) is 0 Å².